The van der Waals surface area contributed by atoms with Crippen molar-refractivity contribution in [2.75, 3.05) is 0 Å². The number of halogens is 5. The topological polar surface area (TPSA) is 9.23 Å². The Kier molecular flexibility index (Phi) is 3.92. The van der Waals surface area contributed by atoms with Crippen molar-refractivity contribution in [1.29, 1.82) is 0 Å². The van der Waals surface area contributed by atoms with Gasteiger partial charge in [0.05, 0.1) is 15.6 Å². The van der Waals surface area contributed by atoms with Gasteiger partial charge < -0.3 is 4.74 Å². The van der Waals surface area contributed by atoms with Gasteiger partial charge in [0.2, 0.25) is 0 Å². The second kappa shape index (κ2) is 5.31. The fourth-order valence-corrected chi connectivity index (χ4v) is 1.94. The Bertz CT molecular complexity index is 559. The van der Waals surface area contributed by atoms with Crippen molar-refractivity contribution in [1.82, 2.24) is 0 Å². The van der Waals surface area contributed by atoms with Crippen molar-refractivity contribution in [2.24, 2.45) is 0 Å². The average molecular weight is 306 g/mol. The summed E-state index contributed by atoms with van der Waals surface area (Å²) >= 11 is 11.5. The normalized spacial score (nSPS) is 11.4. The highest BCUT2D eigenvalue weighted by molar-refractivity contribution is 6.37. The maximum absolute atomic E-state index is 12.5. The molecule has 0 saturated carbocycles. The third-order valence-corrected chi connectivity index (χ3v) is 2.79. The summed E-state index contributed by atoms with van der Waals surface area (Å²) in [4.78, 5) is 0. The molecule has 0 unspecified atom stereocenters. The smallest absolute Gasteiger partial charge is 0.416 e. The Hall–Kier alpha value is -1.39. The van der Waals surface area contributed by atoms with Gasteiger partial charge in [-0.25, -0.2) is 0 Å². The van der Waals surface area contributed by atoms with Crippen LogP contribution in [0.25, 0.3) is 0 Å². The monoisotopic (exact) mass is 305 g/mol. The van der Waals surface area contributed by atoms with Gasteiger partial charge in [0.15, 0.2) is 5.75 Å². The van der Waals surface area contributed by atoms with Crippen LogP contribution in [0.2, 0.25) is 10.0 Å². The van der Waals surface area contributed by atoms with Gasteiger partial charge in [0.25, 0.3) is 0 Å². The first-order valence-electron chi connectivity index (χ1n) is 5.08. The Morgan fingerprint density at radius 1 is 1.11 bits per heavy atom. The first-order chi connectivity index (χ1) is 8.88. The van der Waals surface area contributed by atoms with E-state index in [0.29, 0.717) is 5.75 Å². The molecule has 0 fully saturated rings. The molecule has 0 saturated heterocycles. The first-order valence-corrected chi connectivity index (χ1v) is 5.84. The van der Waals surface area contributed by atoms with Crippen LogP contribution in [-0.4, -0.2) is 0 Å². The lowest BCUT2D eigenvalue weighted by atomic mass is 10.2. The minimum atomic E-state index is -4.51. The quantitative estimate of drug-likeness (QED) is 0.701. The molecule has 6 heteroatoms. The van der Waals surface area contributed by atoms with Gasteiger partial charge >= 0.3 is 6.18 Å². The van der Waals surface area contributed by atoms with E-state index in [2.05, 4.69) is 6.07 Å². The van der Waals surface area contributed by atoms with E-state index >= 15 is 0 Å². The van der Waals surface area contributed by atoms with Crippen LogP contribution in [0.3, 0.4) is 0 Å². The average Bonchev–Trinajstić information content (AvgIpc) is 2.33. The third kappa shape index (κ3) is 3.33. The molecule has 2 aromatic carbocycles. The Labute approximate surface area is 117 Å². The van der Waals surface area contributed by atoms with Gasteiger partial charge in [-0.1, -0.05) is 35.3 Å². The molecule has 0 spiro atoms. The molecule has 0 atom stereocenters. The number of hydrogen-bond acceptors (Lipinski definition) is 1. The number of hydrogen-bond donors (Lipinski definition) is 0. The van der Waals surface area contributed by atoms with Crippen LogP contribution < -0.4 is 4.74 Å². The van der Waals surface area contributed by atoms with E-state index in [1.54, 1.807) is 18.2 Å². The van der Waals surface area contributed by atoms with E-state index in [9.17, 15) is 13.2 Å². The summed E-state index contributed by atoms with van der Waals surface area (Å²) < 4.78 is 43.0. The van der Waals surface area contributed by atoms with Crippen LogP contribution in [-0.2, 0) is 6.18 Å². The molecular formula is C13H6Cl2F3O. The first kappa shape index (κ1) is 14.0. The molecule has 0 aliphatic carbocycles. The zero-order valence-electron chi connectivity index (χ0n) is 9.26. The molecule has 0 aliphatic heterocycles. The van der Waals surface area contributed by atoms with Crippen molar-refractivity contribution in [3.63, 3.8) is 0 Å². The molecule has 0 aliphatic rings. The van der Waals surface area contributed by atoms with E-state index in [1.807, 2.05) is 0 Å². The molecule has 0 aromatic heterocycles. The fourth-order valence-electron chi connectivity index (χ4n) is 1.38. The Morgan fingerprint density at radius 3 is 2.21 bits per heavy atom. The van der Waals surface area contributed by atoms with Crippen LogP contribution in [0.4, 0.5) is 13.2 Å². The van der Waals surface area contributed by atoms with Crippen LogP contribution in [0, 0.1) is 6.07 Å². The number of rotatable bonds is 2. The molecule has 2 rings (SSSR count). The van der Waals surface area contributed by atoms with Gasteiger partial charge in [-0.15, -0.1) is 0 Å². The van der Waals surface area contributed by atoms with Crippen molar-refractivity contribution < 1.29 is 17.9 Å². The van der Waals surface area contributed by atoms with Crippen molar-refractivity contribution in [3.05, 3.63) is 58.1 Å². The molecule has 2 aromatic rings. The standard InChI is InChI=1S/C13H6Cl2F3O/c14-10-6-8(13(16,17)18)7-11(15)12(10)19-9-4-2-1-3-5-9/h1-2,4-7H. The van der Waals surface area contributed by atoms with Crippen LogP contribution in [0.1, 0.15) is 5.56 Å². The molecule has 0 amide bonds. The highest BCUT2D eigenvalue weighted by atomic mass is 35.5. The summed E-state index contributed by atoms with van der Waals surface area (Å²) in [6.07, 6.45) is -4.51. The summed E-state index contributed by atoms with van der Waals surface area (Å²) in [5.41, 5.74) is -0.922. The highest BCUT2D eigenvalue weighted by Crippen LogP contribution is 2.41. The van der Waals surface area contributed by atoms with Crippen LogP contribution in [0.15, 0.2) is 36.4 Å². The summed E-state index contributed by atoms with van der Waals surface area (Å²) in [6, 6.07) is 10.8. The predicted molar refractivity (Wildman–Crippen MR) is 66.8 cm³/mol. The number of ether oxygens (including phenoxy) is 1. The maximum Gasteiger partial charge on any atom is 0.416 e. The molecule has 19 heavy (non-hydrogen) atoms. The van der Waals surface area contributed by atoms with Crippen molar-refractivity contribution >= 4 is 23.2 Å². The molecule has 0 bridgehead atoms. The van der Waals surface area contributed by atoms with Gasteiger partial charge in [0.1, 0.15) is 5.75 Å². The van der Waals surface area contributed by atoms with E-state index in [-0.39, 0.29) is 15.8 Å². The molecule has 0 N–H and O–H groups in total. The maximum atomic E-state index is 12.5. The summed E-state index contributed by atoms with van der Waals surface area (Å²) in [7, 11) is 0. The van der Waals surface area contributed by atoms with Crippen LogP contribution >= 0.6 is 23.2 Å². The Balaban J connectivity index is 2.38. The fraction of sp³-hybridized carbons (Fsp3) is 0.0769. The minimum Gasteiger partial charge on any atom is -0.454 e. The predicted octanol–water partition coefficient (Wildman–Crippen LogP) is 5.60. The van der Waals surface area contributed by atoms with E-state index in [0.717, 1.165) is 12.1 Å². The molecule has 99 valence electrons. The summed E-state index contributed by atoms with van der Waals surface area (Å²) in [5, 5.41) is -0.410. The van der Waals surface area contributed by atoms with E-state index < -0.39 is 11.7 Å². The van der Waals surface area contributed by atoms with Crippen molar-refractivity contribution in [2.45, 2.75) is 6.18 Å². The minimum absolute atomic E-state index is 0.0177. The Morgan fingerprint density at radius 2 is 1.74 bits per heavy atom. The lowest BCUT2D eigenvalue weighted by Gasteiger charge is -2.13. The second-order valence-corrected chi connectivity index (χ2v) is 4.42. The van der Waals surface area contributed by atoms with Gasteiger partial charge in [-0.2, -0.15) is 13.2 Å². The van der Waals surface area contributed by atoms with E-state index in [4.69, 9.17) is 27.9 Å². The SMILES string of the molecule is FC(F)(F)c1cc(Cl)c(Oc2c[c]ccc2)c(Cl)c1. The number of benzene rings is 2. The summed E-state index contributed by atoms with van der Waals surface area (Å²) in [6.45, 7) is 0. The third-order valence-electron chi connectivity index (χ3n) is 2.22. The van der Waals surface area contributed by atoms with Gasteiger partial charge in [0, 0.05) is 0 Å². The van der Waals surface area contributed by atoms with Crippen LogP contribution in [0.5, 0.6) is 11.5 Å². The largest absolute Gasteiger partial charge is 0.454 e. The number of alkyl halides is 3. The van der Waals surface area contributed by atoms with Gasteiger partial charge in [-0.05, 0) is 30.3 Å². The lowest BCUT2D eigenvalue weighted by molar-refractivity contribution is -0.137. The molecular weight excluding hydrogens is 300 g/mol. The second-order valence-electron chi connectivity index (χ2n) is 3.61. The molecule has 0 heterocycles. The zero-order valence-corrected chi connectivity index (χ0v) is 10.8. The summed E-state index contributed by atoms with van der Waals surface area (Å²) in [5.74, 6) is 0.363. The molecule has 1 nitrogen and oxygen atoms in total. The lowest BCUT2D eigenvalue weighted by Crippen LogP contribution is -2.05. The molecule has 1 radical (unpaired) electrons. The van der Waals surface area contributed by atoms with E-state index in [1.165, 1.54) is 6.07 Å². The van der Waals surface area contributed by atoms with Gasteiger partial charge in [-0.3, -0.25) is 0 Å². The zero-order chi connectivity index (χ0) is 14.0. The highest BCUT2D eigenvalue weighted by Gasteiger charge is 2.32. The van der Waals surface area contributed by atoms with Crippen molar-refractivity contribution in [3.8, 4) is 11.5 Å².